The molecule has 0 fully saturated rings. The molecule has 0 radical (unpaired) electrons. The van der Waals surface area contributed by atoms with E-state index < -0.39 is 0 Å². The molecule has 0 atom stereocenters. The number of fused-ring (bicyclic) bond motifs is 1. The van der Waals surface area contributed by atoms with E-state index >= 15 is 0 Å². The number of aromatic nitrogens is 3. The summed E-state index contributed by atoms with van der Waals surface area (Å²) < 4.78 is 6.82. The van der Waals surface area contributed by atoms with Gasteiger partial charge in [0.25, 0.3) is 0 Å². The standard InChI is InChI=1S/C15H13N3O2/c1-20-13-6-2-4-11(8-13)9-14-16-15-12(10-19)5-3-7-18(15)17-14/h2-8,10H,9H2,1H3. The van der Waals surface area contributed by atoms with Crippen molar-refractivity contribution < 1.29 is 9.53 Å². The SMILES string of the molecule is COc1cccc(Cc2nc3c(C=O)cccn3n2)c1. The van der Waals surface area contributed by atoms with E-state index in [0.29, 0.717) is 23.5 Å². The third-order valence-electron chi connectivity index (χ3n) is 3.06. The second kappa shape index (κ2) is 5.13. The Hall–Kier alpha value is -2.69. The van der Waals surface area contributed by atoms with E-state index in [1.165, 1.54) is 0 Å². The Morgan fingerprint density at radius 1 is 1.30 bits per heavy atom. The first-order chi connectivity index (χ1) is 9.80. The van der Waals surface area contributed by atoms with E-state index in [4.69, 9.17) is 4.74 Å². The summed E-state index contributed by atoms with van der Waals surface area (Å²) in [5.41, 5.74) is 2.19. The summed E-state index contributed by atoms with van der Waals surface area (Å²) in [6.45, 7) is 0. The summed E-state index contributed by atoms with van der Waals surface area (Å²) in [4.78, 5) is 15.4. The lowest BCUT2D eigenvalue weighted by atomic mass is 10.1. The molecule has 2 heterocycles. The highest BCUT2D eigenvalue weighted by Gasteiger charge is 2.08. The minimum atomic E-state index is 0.539. The van der Waals surface area contributed by atoms with Crippen molar-refractivity contribution in [2.75, 3.05) is 7.11 Å². The van der Waals surface area contributed by atoms with Gasteiger partial charge >= 0.3 is 0 Å². The fraction of sp³-hybridized carbons (Fsp3) is 0.133. The van der Waals surface area contributed by atoms with Crippen molar-refractivity contribution in [3.05, 3.63) is 59.5 Å². The number of hydrogen-bond acceptors (Lipinski definition) is 4. The molecule has 0 saturated carbocycles. The summed E-state index contributed by atoms with van der Waals surface area (Å²) in [7, 11) is 1.64. The fourth-order valence-corrected chi connectivity index (χ4v) is 2.10. The average Bonchev–Trinajstić information content (AvgIpc) is 2.89. The predicted molar refractivity (Wildman–Crippen MR) is 74.2 cm³/mol. The van der Waals surface area contributed by atoms with Crippen LogP contribution in [-0.4, -0.2) is 28.0 Å². The molecule has 0 aliphatic rings. The third kappa shape index (κ3) is 2.25. The summed E-state index contributed by atoms with van der Waals surface area (Å²) in [5, 5.41) is 4.38. The molecule has 5 heteroatoms. The second-order valence-electron chi connectivity index (χ2n) is 4.41. The maximum absolute atomic E-state index is 11.0. The molecule has 5 nitrogen and oxygen atoms in total. The molecule has 0 saturated heterocycles. The molecule has 0 aliphatic heterocycles. The molecule has 2 aromatic heterocycles. The molecule has 0 unspecified atom stereocenters. The van der Waals surface area contributed by atoms with Crippen molar-refractivity contribution in [3.8, 4) is 5.75 Å². The number of benzene rings is 1. The zero-order valence-electron chi connectivity index (χ0n) is 11.0. The highest BCUT2D eigenvalue weighted by Crippen LogP contribution is 2.15. The van der Waals surface area contributed by atoms with E-state index in [0.717, 1.165) is 17.6 Å². The zero-order chi connectivity index (χ0) is 13.9. The number of ether oxygens (including phenoxy) is 1. The number of aldehydes is 1. The van der Waals surface area contributed by atoms with E-state index in [-0.39, 0.29) is 0 Å². The highest BCUT2D eigenvalue weighted by atomic mass is 16.5. The molecule has 0 N–H and O–H groups in total. The zero-order valence-corrected chi connectivity index (χ0v) is 11.0. The molecule has 20 heavy (non-hydrogen) atoms. The number of methoxy groups -OCH3 is 1. The molecular weight excluding hydrogens is 254 g/mol. The van der Waals surface area contributed by atoms with Crippen LogP contribution in [0, 0.1) is 0 Å². The fourth-order valence-electron chi connectivity index (χ4n) is 2.10. The van der Waals surface area contributed by atoms with Crippen LogP contribution < -0.4 is 4.74 Å². The molecule has 1 aromatic carbocycles. The van der Waals surface area contributed by atoms with Crippen LogP contribution in [0.15, 0.2) is 42.6 Å². The van der Waals surface area contributed by atoms with Gasteiger partial charge in [-0.1, -0.05) is 12.1 Å². The van der Waals surface area contributed by atoms with Crippen LogP contribution in [0.3, 0.4) is 0 Å². The summed E-state index contributed by atoms with van der Waals surface area (Å²) in [6, 6.07) is 11.3. The topological polar surface area (TPSA) is 56.5 Å². The summed E-state index contributed by atoms with van der Waals surface area (Å²) in [5.74, 6) is 1.48. The molecule has 100 valence electrons. The van der Waals surface area contributed by atoms with Gasteiger partial charge in [-0.25, -0.2) is 9.50 Å². The van der Waals surface area contributed by atoms with Gasteiger partial charge in [0.1, 0.15) is 5.75 Å². The van der Waals surface area contributed by atoms with Gasteiger partial charge in [-0.05, 0) is 29.8 Å². The van der Waals surface area contributed by atoms with Gasteiger partial charge in [0.15, 0.2) is 17.8 Å². The number of rotatable bonds is 4. The van der Waals surface area contributed by atoms with Crippen molar-refractivity contribution >= 4 is 11.9 Å². The normalized spacial score (nSPS) is 10.7. The Kier molecular flexibility index (Phi) is 3.16. The molecule has 0 aliphatic carbocycles. The number of hydrogen-bond donors (Lipinski definition) is 0. The Balaban J connectivity index is 1.96. The van der Waals surface area contributed by atoms with Crippen LogP contribution in [0.2, 0.25) is 0 Å². The molecule has 0 amide bonds. The Labute approximate surface area is 115 Å². The highest BCUT2D eigenvalue weighted by molar-refractivity contribution is 5.83. The minimum Gasteiger partial charge on any atom is -0.497 e. The van der Waals surface area contributed by atoms with Gasteiger partial charge in [0, 0.05) is 12.6 Å². The molecule has 0 bridgehead atoms. The number of pyridine rings is 1. The lowest BCUT2D eigenvalue weighted by molar-refractivity contribution is 0.112. The smallest absolute Gasteiger partial charge is 0.166 e. The van der Waals surface area contributed by atoms with Gasteiger partial charge in [0.2, 0.25) is 0 Å². The van der Waals surface area contributed by atoms with Crippen molar-refractivity contribution in [2.24, 2.45) is 0 Å². The van der Waals surface area contributed by atoms with Crippen molar-refractivity contribution in [1.82, 2.24) is 14.6 Å². The number of carbonyl (C=O) groups is 1. The molecule has 3 aromatic rings. The van der Waals surface area contributed by atoms with Gasteiger partial charge in [-0.2, -0.15) is 5.10 Å². The Morgan fingerprint density at radius 3 is 3.00 bits per heavy atom. The Bertz CT molecular complexity index is 765. The van der Waals surface area contributed by atoms with E-state index in [2.05, 4.69) is 10.1 Å². The monoisotopic (exact) mass is 267 g/mol. The Morgan fingerprint density at radius 2 is 2.20 bits per heavy atom. The van der Waals surface area contributed by atoms with Gasteiger partial charge in [-0.15, -0.1) is 0 Å². The van der Waals surface area contributed by atoms with E-state index in [9.17, 15) is 4.79 Å². The molecule has 0 spiro atoms. The number of nitrogens with zero attached hydrogens (tertiary/aromatic N) is 3. The first-order valence-corrected chi connectivity index (χ1v) is 6.22. The number of carbonyl (C=O) groups excluding carboxylic acids is 1. The van der Waals surface area contributed by atoms with Crippen LogP contribution in [0.4, 0.5) is 0 Å². The minimum absolute atomic E-state index is 0.539. The summed E-state index contributed by atoms with van der Waals surface area (Å²) >= 11 is 0. The third-order valence-corrected chi connectivity index (χ3v) is 3.06. The van der Waals surface area contributed by atoms with Crippen LogP contribution in [0.1, 0.15) is 21.7 Å². The molecule has 3 rings (SSSR count). The van der Waals surface area contributed by atoms with Crippen LogP contribution in [0.25, 0.3) is 5.65 Å². The van der Waals surface area contributed by atoms with Crippen molar-refractivity contribution in [1.29, 1.82) is 0 Å². The second-order valence-corrected chi connectivity index (χ2v) is 4.41. The largest absolute Gasteiger partial charge is 0.497 e. The average molecular weight is 267 g/mol. The van der Waals surface area contributed by atoms with Gasteiger partial charge in [0.05, 0.1) is 12.7 Å². The van der Waals surface area contributed by atoms with Gasteiger partial charge in [-0.3, -0.25) is 4.79 Å². The lowest BCUT2D eigenvalue weighted by Crippen LogP contribution is -1.93. The van der Waals surface area contributed by atoms with E-state index in [1.807, 2.05) is 24.3 Å². The van der Waals surface area contributed by atoms with Crippen LogP contribution in [0.5, 0.6) is 5.75 Å². The lowest BCUT2D eigenvalue weighted by Gasteiger charge is -2.01. The van der Waals surface area contributed by atoms with Crippen molar-refractivity contribution in [3.63, 3.8) is 0 Å². The molecular formula is C15H13N3O2. The van der Waals surface area contributed by atoms with E-state index in [1.54, 1.807) is 30.0 Å². The first kappa shape index (κ1) is 12.3. The first-order valence-electron chi connectivity index (χ1n) is 6.22. The maximum Gasteiger partial charge on any atom is 0.166 e. The van der Waals surface area contributed by atoms with Crippen LogP contribution in [-0.2, 0) is 6.42 Å². The quantitative estimate of drug-likeness (QED) is 0.680. The maximum atomic E-state index is 11.0. The van der Waals surface area contributed by atoms with Crippen LogP contribution >= 0.6 is 0 Å². The van der Waals surface area contributed by atoms with Crippen molar-refractivity contribution in [2.45, 2.75) is 6.42 Å². The predicted octanol–water partition coefficient (Wildman–Crippen LogP) is 2.14. The van der Waals surface area contributed by atoms with Gasteiger partial charge < -0.3 is 4.74 Å². The summed E-state index contributed by atoms with van der Waals surface area (Å²) in [6.07, 6.45) is 3.17.